The highest BCUT2D eigenvalue weighted by Crippen LogP contribution is 2.22. The second-order valence-electron chi connectivity index (χ2n) is 2.56. The van der Waals surface area contributed by atoms with E-state index in [4.69, 9.17) is 17.5 Å². The molecule has 0 unspecified atom stereocenters. The Morgan fingerprint density at radius 1 is 1.18 bits per heavy atom. The minimum absolute atomic E-state index is 0.640. The number of nitrogens with one attached hydrogen (secondary N) is 1. The Morgan fingerprint density at radius 2 is 1.76 bits per heavy atom. The van der Waals surface area contributed by atoms with Crippen molar-refractivity contribution in [1.29, 1.82) is 0 Å². The molecule has 0 amide bonds. The Bertz CT molecular complexity index is 520. The van der Waals surface area contributed by atoms with Crippen LogP contribution in [0.4, 0.5) is 0 Å². The molecule has 3 N–H and O–H groups in total. The zero-order chi connectivity index (χ0) is 12.7. The summed E-state index contributed by atoms with van der Waals surface area (Å²) in [5.74, 6) is 0. The number of benzene rings is 1. The van der Waals surface area contributed by atoms with Gasteiger partial charge >= 0.3 is 10.4 Å². The average molecular weight is 276 g/mol. The van der Waals surface area contributed by atoms with E-state index >= 15 is 0 Å². The lowest BCUT2D eigenvalue weighted by atomic mass is 10.4. The van der Waals surface area contributed by atoms with Gasteiger partial charge in [0, 0.05) is 4.90 Å². The maximum Gasteiger partial charge on any atom is 0.394 e. The summed E-state index contributed by atoms with van der Waals surface area (Å²) in [7, 11) is -4.67. The number of hydrogen-bond donors (Lipinski definition) is 3. The minimum Gasteiger partial charge on any atom is -0.264 e. The fourth-order valence-electron chi connectivity index (χ4n) is 0.790. The molecule has 1 heterocycles. The Labute approximate surface area is 101 Å². The number of tetrazole rings is 1. The fourth-order valence-corrected chi connectivity index (χ4v) is 1.46. The van der Waals surface area contributed by atoms with E-state index in [9.17, 15) is 0 Å². The summed E-state index contributed by atoms with van der Waals surface area (Å²) in [6.07, 6.45) is 0. The van der Waals surface area contributed by atoms with Crippen molar-refractivity contribution in [2.24, 2.45) is 0 Å². The number of nitrogens with zero attached hydrogens (tertiary/aromatic N) is 3. The lowest BCUT2D eigenvalue weighted by Crippen LogP contribution is -1.89. The van der Waals surface area contributed by atoms with Gasteiger partial charge in [0.25, 0.3) is 0 Å². The fraction of sp³-hybridized carbons (Fsp3) is 0. The molecule has 0 atom stereocenters. The van der Waals surface area contributed by atoms with Gasteiger partial charge in [0.2, 0.25) is 5.16 Å². The van der Waals surface area contributed by atoms with Gasteiger partial charge in [-0.2, -0.15) is 13.6 Å². The van der Waals surface area contributed by atoms with Gasteiger partial charge in [0.05, 0.1) is 0 Å². The van der Waals surface area contributed by atoms with Crippen LogP contribution in [-0.4, -0.2) is 38.1 Å². The summed E-state index contributed by atoms with van der Waals surface area (Å²) < 4.78 is 31.6. The van der Waals surface area contributed by atoms with Gasteiger partial charge in [-0.05, 0) is 29.1 Å². The number of aromatic nitrogens is 4. The summed E-state index contributed by atoms with van der Waals surface area (Å²) in [6.45, 7) is 0. The molecule has 10 heteroatoms. The van der Waals surface area contributed by atoms with Crippen molar-refractivity contribution in [2.75, 3.05) is 0 Å². The van der Waals surface area contributed by atoms with Gasteiger partial charge in [0.15, 0.2) is 0 Å². The standard InChI is InChI=1S/C7H6N4S.H2O4S/c1-2-4-6(5-3-1)12-7-8-10-11-9-7;1-5(2,3)4/h1-5H,(H,8,9,10,11);(H2,1,2,3,4). The number of rotatable bonds is 2. The molecule has 0 aliphatic heterocycles. The molecule has 1 aromatic carbocycles. The van der Waals surface area contributed by atoms with Crippen LogP contribution in [0.25, 0.3) is 0 Å². The average Bonchev–Trinajstić information content (AvgIpc) is 2.69. The second-order valence-corrected chi connectivity index (χ2v) is 4.49. The van der Waals surface area contributed by atoms with Crippen LogP contribution in [0.2, 0.25) is 0 Å². The van der Waals surface area contributed by atoms with Crippen LogP contribution in [0.1, 0.15) is 0 Å². The quantitative estimate of drug-likeness (QED) is 0.683. The van der Waals surface area contributed by atoms with Crippen LogP contribution in [0.5, 0.6) is 0 Å². The van der Waals surface area contributed by atoms with E-state index in [1.165, 1.54) is 11.8 Å². The summed E-state index contributed by atoms with van der Waals surface area (Å²) in [4.78, 5) is 1.11. The highest BCUT2D eigenvalue weighted by Gasteiger charge is 1.99. The summed E-state index contributed by atoms with van der Waals surface area (Å²) >= 11 is 1.48. The minimum atomic E-state index is -4.67. The first-order valence-corrected chi connectivity index (χ1v) is 6.33. The van der Waals surface area contributed by atoms with Gasteiger partial charge < -0.3 is 0 Å². The van der Waals surface area contributed by atoms with Crippen LogP contribution in [0.15, 0.2) is 40.4 Å². The van der Waals surface area contributed by atoms with E-state index in [1.54, 1.807) is 0 Å². The molecule has 92 valence electrons. The maximum atomic E-state index is 8.74. The predicted molar refractivity (Wildman–Crippen MR) is 58.9 cm³/mol. The molecular weight excluding hydrogens is 268 g/mol. The normalized spacial score (nSPS) is 10.5. The molecule has 0 aliphatic rings. The van der Waals surface area contributed by atoms with Crippen molar-refractivity contribution < 1.29 is 17.5 Å². The smallest absolute Gasteiger partial charge is 0.264 e. The van der Waals surface area contributed by atoms with Crippen LogP contribution >= 0.6 is 11.8 Å². The zero-order valence-electron chi connectivity index (χ0n) is 8.26. The molecule has 17 heavy (non-hydrogen) atoms. The monoisotopic (exact) mass is 276 g/mol. The lowest BCUT2D eigenvalue weighted by molar-refractivity contribution is 0.381. The summed E-state index contributed by atoms with van der Waals surface area (Å²) in [6, 6.07) is 9.92. The van der Waals surface area contributed by atoms with E-state index in [-0.39, 0.29) is 0 Å². The van der Waals surface area contributed by atoms with E-state index in [0.29, 0.717) is 5.16 Å². The van der Waals surface area contributed by atoms with E-state index in [2.05, 4.69) is 20.6 Å². The van der Waals surface area contributed by atoms with Crippen molar-refractivity contribution in [1.82, 2.24) is 20.6 Å². The van der Waals surface area contributed by atoms with Gasteiger partial charge in [-0.3, -0.25) is 9.11 Å². The third-order valence-electron chi connectivity index (χ3n) is 1.28. The summed E-state index contributed by atoms with van der Waals surface area (Å²) in [5.41, 5.74) is 0. The largest absolute Gasteiger partial charge is 0.394 e. The first-order valence-electron chi connectivity index (χ1n) is 4.11. The second kappa shape index (κ2) is 6.30. The van der Waals surface area contributed by atoms with Crippen molar-refractivity contribution >= 4 is 22.2 Å². The Kier molecular flexibility index (Phi) is 5.03. The maximum absolute atomic E-state index is 8.74. The van der Waals surface area contributed by atoms with Gasteiger partial charge in [-0.1, -0.05) is 18.2 Å². The Morgan fingerprint density at radius 3 is 2.24 bits per heavy atom. The third-order valence-corrected chi connectivity index (χ3v) is 2.14. The molecule has 2 rings (SSSR count). The highest BCUT2D eigenvalue weighted by atomic mass is 32.3. The highest BCUT2D eigenvalue weighted by molar-refractivity contribution is 7.99. The van der Waals surface area contributed by atoms with Crippen molar-refractivity contribution in [2.45, 2.75) is 10.1 Å². The molecule has 2 aromatic rings. The van der Waals surface area contributed by atoms with Crippen LogP contribution < -0.4 is 0 Å². The number of aromatic amines is 1. The molecule has 0 bridgehead atoms. The molecule has 0 saturated carbocycles. The van der Waals surface area contributed by atoms with Crippen molar-refractivity contribution in [3.63, 3.8) is 0 Å². The van der Waals surface area contributed by atoms with Crippen LogP contribution in [0, 0.1) is 0 Å². The van der Waals surface area contributed by atoms with E-state index < -0.39 is 10.4 Å². The SMILES string of the molecule is O=S(=O)(O)O.c1ccc(Sc2nn[nH]n2)cc1. The Hall–Kier alpha value is -1.49. The van der Waals surface area contributed by atoms with Gasteiger partial charge in [-0.15, -0.1) is 10.2 Å². The number of H-pyrrole nitrogens is 1. The topological polar surface area (TPSA) is 129 Å². The van der Waals surface area contributed by atoms with Crippen LogP contribution in [0.3, 0.4) is 0 Å². The first-order chi connectivity index (χ1) is 7.95. The lowest BCUT2D eigenvalue weighted by Gasteiger charge is -1.92. The van der Waals surface area contributed by atoms with E-state index in [0.717, 1.165) is 4.90 Å². The first kappa shape index (κ1) is 13.6. The molecule has 0 aliphatic carbocycles. The van der Waals surface area contributed by atoms with Gasteiger partial charge in [-0.25, -0.2) is 0 Å². The molecule has 1 aromatic heterocycles. The molecular formula is C7H8N4O4S2. The van der Waals surface area contributed by atoms with Crippen molar-refractivity contribution in [3.8, 4) is 0 Å². The Balaban J connectivity index is 0.000000249. The van der Waals surface area contributed by atoms with Crippen molar-refractivity contribution in [3.05, 3.63) is 30.3 Å². The van der Waals surface area contributed by atoms with E-state index in [1.807, 2.05) is 30.3 Å². The number of hydrogen-bond acceptors (Lipinski definition) is 6. The summed E-state index contributed by atoms with van der Waals surface area (Å²) in [5, 5.41) is 14.2. The molecule has 0 saturated heterocycles. The molecule has 0 fully saturated rings. The third kappa shape index (κ3) is 7.41. The zero-order valence-corrected chi connectivity index (χ0v) is 9.89. The molecule has 0 radical (unpaired) electrons. The molecule has 0 spiro atoms. The van der Waals surface area contributed by atoms with Gasteiger partial charge in [0.1, 0.15) is 0 Å². The predicted octanol–water partition coefficient (Wildman–Crippen LogP) is 0.698. The molecule has 8 nitrogen and oxygen atoms in total. The van der Waals surface area contributed by atoms with Crippen LogP contribution in [-0.2, 0) is 10.4 Å².